The standard InChI is InChI=1S/C9H18N2O4S/c1-7(9(12)13)16(14,15)10-5-8-3-4-11(2)6-8/h7-8,10H,3-6H2,1-2H3,(H,12,13). The van der Waals surface area contributed by atoms with Crippen molar-refractivity contribution in [3.05, 3.63) is 0 Å². The topological polar surface area (TPSA) is 86.7 Å². The zero-order valence-corrected chi connectivity index (χ0v) is 10.3. The van der Waals surface area contributed by atoms with Gasteiger partial charge in [-0.3, -0.25) is 4.79 Å². The van der Waals surface area contributed by atoms with E-state index in [9.17, 15) is 13.2 Å². The third-order valence-electron chi connectivity index (χ3n) is 2.88. The lowest BCUT2D eigenvalue weighted by atomic mass is 10.1. The molecule has 1 aliphatic rings. The van der Waals surface area contributed by atoms with Gasteiger partial charge in [0.1, 0.15) is 0 Å². The molecule has 6 nitrogen and oxygen atoms in total. The molecule has 0 bridgehead atoms. The SMILES string of the molecule is CC(C(=O)O)S(=O)(=O)NCC1CCN(C)C1. The van der Waals surface area contributed by atoms with Crippen molar-refractivity contribution in [3.8, 4) is 0 Å². The van der Waals surface area contributed by atoms with Crippen molar-refractivity contribution < 1.29 is 18.3 Å². The minimum absolute atomic E-state index is 0.278. The molecular weight excluding hydrogens is 232 g/mol. The van der Waals surface area contributed by atoms with Crippen LogP contribution in [-0.2, 0) is 14.8 Å². The molecule has 1 heterocycles. The first kappa shape index (κ1) is 13.4. The molecule has 2 N–H and O–H groups in total. The Morgan fingerprint density at radius 1 is 1.62 bits per heavy atom. The molecule has 0 aromatic heterocycles. The number of nitrogens with one attached hydrogen (secondary N) is 1. The average Bonchev–Trinajstić information content (AvgIpc) is 2.60. The molecular formula is C9H18N2O4S. The molecule has 0 aromatic rings. The molecule has 1 saturated heterocycles. The lowest BCUT2D eigenvalue weighted by Gasteiger charge is -2.14. The van der Waals surface area contributed by atoms with Gasteiger partial charge in [-0.1, -0.05) is 0 Å². The number of likely N-dealkylation sites (tertiary alicyclic amines) is 1. The number of carboxylic acid groups (broad SMARTS) is 1. The largest absolute Gasteiger partial charge is 0.480 e. The fraction of sp³-hybridized carbons (Fsp3) is 0.889. The second-order valence-corrected chi connectivity index (χ2v) is 6.38. The van der Waals surface area contributed by atoms with Crippen LogP contribution in [0.5, 0.6) is 0 Å². The zero-order chi connectivity index (χ0) is 12.3. The number of rotatable bonds is 5. The molecule has 0 saturated carbocycles. The van der Waals surface area contributed by atoms with Gasteiger partial charge >= 0.3 is 5.97 Å². The highest BCUT2D eigenvalue weighted by Gasteiger charge is 2.29. The van der Waals surface area contributed by atoms with Crippen molar-refractivity contribution in [1.82, 2.24) is 9.62 Å². The van der Waals surface area contributed by atoms with E-state index >= 15 is 0 Å². The van der Waals surface area contributed by atoms with Crippen molar-refractivity contribution in [2.75, 3.05) is 26.7 Å². The number of carbonyl (C=O) groups is 1. The summed E-state index contributed by atoms with van der Waals surface area (Å²) in [5.74, 6) is -1.04. The van der Waals surface area contributed by atoms with Crippen LogP contribution in [0.15, 0.2) is 0 Å². The lowest BCUT2D eigenvalue weighted by Crippen LogP contribution is -2.40. The molecule has 1 rings (SSSR count). The molecule has 2 unspecified atom stereocenters. The normalized spacial score (nSPS) is 24.5. The van der Waals surface area contributed by atoms with E-state index in [0.717, 1.165) is 19.5 Å². The van der Waals surface area contributed by atoms with Crippen LogP contribution in [0, 0.1) is 5.92 Å². The summed E-state index contributed by atoms with van der Waals surface area (Å²) in [6, 6.07) is 0. The van der Waals surface area contributed by atoms with Crippen LogP contribution in [0.1, 0.15) is 13.3 Å². The molecule has 0 aliphatic carbocycles. The highest BCUT2D eigenvalue weighted by molar-refractivity contribution is 7.90. The average molecular weight is 250 g/mol. The Labute approximate surface area is 95.7 Å². The summed E-state index contributed by atoms with van der Waals surface area (Å²) in [6.07, 6.45) is 0.945. The zero-order valence-electron chi connectivity index (χ0n) is 9.51. The molecule has 2 atom stereocenters. The molecule has 7 heteroatoms. The Morgan fingerprint density at radius 3 is 2.69 bits per heavy atom. The number of sulfonamides is 1. The third kappa shape index (κ3) is 3.43. The Hall–Kier alpha value is -0.660. The van der Waals surface area contributed by atoms with Gasteiger partial charge in [0.05, 0.1) is 0 Å². The Balaban J connectivity index is 2.45. The van der Waals surface area contributed by atoms with E-state index in [1.807, 2.05) is 7.05 Å². The summed E-state index contributed by atoms with van der Waals surface area (Å²) in [6.45, 7) is 3.31. The number of nitrogens with zero attached hydrogens (tertiary/aromatic N) is 1. The first-order valence-electron chi connectivity index (χ1n) is 5.22. The fourth-order valence-electron chi connectivity index (χ4n) is 1.68. The number of hydrogen-bond donors (Lipinski definition) is 2. The Morgan fingerprint density at radius 2 is 2.25 bits per heavy atom. The smallest absolute Gasteiger partial charge is 0.323 e. The summed E-state index contributed by atoms with van der Waals surface area (Å²) in [7, 11) is -1.75. The summed E-state index contributed by atoms with van der Waals surface area (Å²) in [5.41, 5.74) is 0. The molecule has 0 amide bonds. The minimum Gasteiger partial charge on any atom is -0.480 e. The summed E-state index contributed by atoms with van der Waals surface area (Å²) in [5, 5.41) is 7.23. The van der Waals surface area contributed by atoms with Gasteiger partial charge < -0.3 is 10.0 Å². The monoisotopic (exact) mass is 250 g/mol. The van der Waals surface area contributed by atoms with Gasteiger partial charge in [0.25, 0.3) is 0 Å². The van der Waals surface area contributed by atoms with Crippen LogP contribution in [0.25, 0.3) is 0 Å². The maximum Gasteiger partial charge on any atom is 0.323 e. The predicted molar refractivity (Wildman–Crippen MR) is 59.6 cm³/mol. The van der Waals surface area contributed by atoms with Gasteiger partial charge in [-0.2, -0.15) is 0 Å². The lowest BCUT2D eigenvalue weighted by molar-refractivity contribution is -0.136. The number of aliphatic carboxylic acids is 1. The van der Waals surface area contributed by atoms with E-state index in [0.29, 0.717) is 6.54 Å². The van der Waals surface area contributed by atoms with Crippen LogP contribution < -0.4 is 4.72 Å². The van der Waals surface area contributed by atoms with E-state index in [1.54, 1.807) is 0 Å². The summed E-state index contributed by atoms with van der Waals surface area (Å²) >= 11 is 0. The number of hydrogen-bond acceptors (Lipinski definition) is 4. The van der Waals surface area contributed by atoms with Gasteiger partial charge in [-0.05, 0) is 32.9 Å². The van der Waals surface area contributed by atoms with Gasteiger partial charge in [-0.25, -0.2) is 13.1 Å². The maximum atomic E-state index is 11.5. The van der Waals surface area contributed by atoms with Crippen molar-refractivity contribution in [1.29, 1.82) is 0 Å². The Bertz CT molecular complexity index is 355. The predicted octanol–water partition coefficient (Wildman–Crippen LogP) is -0.669. The van der Waals surface area contributed by atoms with Crippen LogP contribution in [0.3, 0.4) is 0 Å². The molecule has 94 valence electrons. The quantitative estimate of drug-likeness (QED) is 0.676. The van der Waals surface area contributed by atoms with Crippen molar-refractivity contribution >= 4 is 16.0 Å². The van der Waals surface area contributed by atoms with Crippen LogP contribution >= 0.6 is 0 Å². The molecule has 0 radical (unpaired) electrons. The van der Waals surface area contributed by atoms with Gasteiger partial charge in [0.2, 0.25) is 10.0 Å². The second kappa shape index (κ2) is 5.11. The van der Waals surface area contributed by atoms with Gasteiger partial charge in [-0.15, -0.1) is 0 Å². The summed E-state index contributed by atoms with van der Waals surface area (Å²) in [4.78, 5) is 12.7. The van der Waals surface area contributed by atoms with Gasteiger partial charge in [0, 0.05) is 13.1 Å². The second-order valence-electron chi connectivity index (χ2n) is 4.29. The van der Waals surface area contributed by atoms with Crippen molar-refractivity contribution in [2.24, 2.45) is 5.92 Å². The van der Waals surface area contributed by atoms with Crippen molar-refractivity contribution in [2.45, 2.75) is 18.6 Å². The molecule has 1 fully saturated rings. The third-order valence-corrected chi connectivity index (χ3v) is 4.58. The molecule has 0 aromatic carbocycles. The summed E-state index contributed by atoms with van der Waals surface area (Å²) < 4.78 is 25.4. The van der Waals surface area contributed by atoms with E-state index < -0.39 is 21.2 Å². The fourth-order valence-corrected chi connectivity index (χ4v) is 2.67. The number of carboxylic acids is 1. The molecule has 0 spiro atoms. The first-order chi connectivity index (χ1) is 7.33. The van der Waals surface area contributed by atoms with Crippen LogP contribution in [-0.4, -0.2) is 56.3 Å². The van der Waals surface area contributed by atoms with E-state index in [1.165, 1.54) is 6.92 Å². The minimum atomic E-state index is -3.73. The van der Waals surface area contributed by atoms with Crippen molar-refractivity contribution in [3.63, 3.8) is 0 Å². The maximum absolute atomic E-state index is 11.5. The van der Waals surface area contributed by atoms with E-state index in [2.05, 4.69) is 9.62 Å². The Kier molecular flexibility index (Phi) is 4.28. The van der Waals surface area contributed by atoms with E-state index in [4.69, 9.17) is 5.11 Å². The molecule has 16 heavy (non-hydrogen) atoms. The van der Waals surface area contributed by atoms with Crippen LogP contribution in [0.2, 0.25) is 0 Å². The first-order valence-corrected chi connectivity index (χ1v) is 6.77. The highest BCUT2D eigenvalue weighted by atomic mass is 32.2. The van der Waals surface area contributed by atoms with Gasteiger partial charge in [0.15, 0.2) is 5.25 Å². The molecule has 1 aliphatic heterocycles. The van der Waals surface area contributed by atoms with Crippen LogP contribution in [0.4, 0.5) is 0 Å². The van der Waals surface area contributed by atoms with E-state index in [-0.39, 0.29) is 5.92 Å². The highest BCUT2D eigenvalue weighted by Crippen LogP contribution is 2.13.